The fraction of sp³-hybridized carbons (Fsp3) is 0.556. The van der Waals surface area contributed by atoms with Crippen molar-refractivity contribution in [3.63, 3.8) is 0 Å². The second-order valence-corrected chi connectivity index (χ2v) is 2.92. The fourth-order valence-electron chi connectivity index (χ4n) is 1.14. The maximum absolute atomic E-state index is 5.88. The van der Waals surface area contributed by atoms with Crippen LogP contribution in [0.2, 0.25) is 0 Å². The Morgan fingerprint density at radius 2 is 2.33 bits per heavy atom. The molecule has 0 aliphatic carbocycles. The Hall–Kier alpha value is -0.960. The van der Waals surface area contributed by atoms with Gasteiger partial charge < -0.3 is 5.73 Å². The van der Waals surface area contributed by atoms with E-state index in [1.54, 1.807) is 6.20 Å². The molecule has 0 fully saturated rings. The van der Waals surface area contributed by atoms with Crippen LogP contribution >= 0.6 is 0 Å². The highest BCUT2D eigenvalue weighted by atomic mass is 14.9. The van der Waals surface area contributed by atoms with Crippen molar-refractivity contribution in [3.8, 4) is 0 Å². The van der Waals surface area contributed by atoms with Crippen LogP contribution in [0.15, 0.2) is 12.3 Å². The topological polar surface area (TPSA) is 51.8 Å². The Kier molecular flexibility index (Phi) is 3.17. The molecule has 1 aromatic heterocycles. The molecule has 0 spiro atoms. The molecule has 1 aromatic rings. The quantitative estimate of drug-likeness (QED) is 0.739. The lowest BCUT2D eigenvalue weighted by molar-refractivity contribution is 0.617. The first-order valence-electron chi connectivity index (χ1n) is 4.29. The van der Waals surface area contributed by atoms with E-state index in [0.29, 0.717) is 0 Å². The molecule has 3 nitrogen and oxygen atoms in total. The highest BCUT2D eigenvalue weighted by Crippen LogP contribution is 2.11. The maximum Gasteiger partial charge on any atom is 0.125 e. The van der Waals surface area contributed by atoms with Crippen molar-refractivity contribution in [2.45, 2.75) is 32.7 Å². The molecule has 3 heteroatoms. The second kappa shape index (κ2) is 4.16. The maximum atomic E-state index is 5.88. The molecule has 0 saturated heterocycles. The van der Waals surface area contributed by atoms with Crippen molar-refractivity contribution in [2.75, 3.05) is 0 Å². The monoisotopic (exact) mass is 165 g/mol. The molecule has 0 radical (unpaired) electrons. The largest absolute Gasteiger partial charge is 0.323 e. The summed E-state index contributed by atoms with van der Waals surface area (Å²) < 4.78 is 0. The smallest absolute Gasteiger partial charge is 0.125 e. The second-order valence-electron chi connectivity index (χ2n) is 2.92. The van der Waals surface area contributed by atoms with Gasteiger partial charge in [0.05, 0.1) is 5.69 Å². The Balaban J connectivity index is 2.73. The number of aromatic nitrogens is 2. The van der Waals surface area contributed by atoms with Crippen LogP contribution < -0.4 is 5.73 Å². The van der Waals surface area contributed by atoms with Gasteiger partial charge in [-0.05, 0) is 19.4 Å². The normalized spacial score (nSPS) is 12.9. The van der Waals surface area contributed by atoms with E-state index in [4.69, 9.17) is 5.73 Å². The lowest BCUT2D eigenvalue weighted by atomic mass is 10.1. The van der Waals surface area contributed by atoms with E-state index >= 15 is 0 Å². The first kappa shape index (κ1) is 9.13. The molecule has 0 aromatic carbocycles. The van der Waals surface area contributed by atoms with Crippen LogP contribution in [0.1, 0.15) is 37.3 Å². The summed E-state index contributed by atoms with van der Waals surface area (Å²) in [5.41, 5.74) is 6.83. The first-order valence-corrected chi connectivity index (χ1v) is 4.29. The van der Waals surface area contributed by atoms with E-state index in [1.807, 2.05) is 13.0 Å². The molecule has 1 atom stereocenters. The summed E-state index contributed by atoms with van der Waals surface area (Å²) in [5, 5.41) is 0. The molecule has 1 rings (SSSR count). The van der Waals surface area contributed by atoms with Gasteiger partial charge in [-0.2, -0.15) is 0 Å². The van der Waals surface area contributed by atoms with Crippen molar-refractivity contribution in [2.24, 2.45) is 5.73 Å². The molecule has 0 saturated carbocycles. The van der Waals surface area contributed by atoms with Gasteiger partial charge in [0.2, 0.25) is 0 Å². The Bertz CT molecular complexity index is 247. The molecule has 66 valence electrons. The SMILES string of the molecule is CCCC(N)c1ccnc(C)n1. The number of rotatable bonds is 3. The molecule has 12 heavy (non-hydrogen) atoms. The summed E-state index contributed by atoms with van der Waals surface area (Å²) in [6.07, 6.45) is 3.83. The molecule has 2 N–H and O–H groups in total. The molecular formula is C9H15N3. The highest BCUT2D eigenvalue weighted by Gasteiger charge is 2.05. The number of aryl methyl sites for hydroxylation is 1. The van der Waals surface area contributed by atoms with Crippen LogP contribution in [-0.2, 0) is 0 Å². The van der Waals surface area contributed by atoms with Crippen LogP contribution in [-0.4, -0.2) is 9.97 Å². The predicted molar refractivity (Wildman–Crippen MR) is 48.6 cm³/mol. The molecular weight excluding hydrogens is 150 g/mol. The zero-order valence-electron chi connectivity index (χ0n) is 7.62. The summed E-state index contributed by atoms with van der Waals surface area (Å²) >= 11 is 0. The van der Waals surface area contributed by atoms with Crippen LogP contribution in [0.25, 0.3) is 0 Å². The van der Waals surface area contributed by atoms with Crippen molar-refractivity contribution >= 4 is 0 Å². The predicted octanol–water partition coefficient (Wildman–Crippen LogP) is 1.58. The zero-order chi connectivity index (χ0) is 8.97. The standard InChI is InChI=1S/C9H15N3/c1-3-4-8(10)9-5-6-11-7(2)12-9/h5-6,8H,3-4,10H2,1-2H3. The van der Waals surface area contributed by atoms with E-state index in [-0.39, 0.29) is 6.04 Å². The van der Waals surface area contributed by atoms with Gasteiger partial charge in [0, 0.05) is 12.2 Å². The zero-order valence-corrected chi connectivity index (χ0v) is 7.62. The van der Waals surface area contributed by atoms with Gasteiger partial charge in [0.25, 0.3) is 0 Å². The van der Waals surface area contributed by atoms with Gasteiger partial charge in [-0.25, -0.2) is 9.97 Å². The van der Waals surface area contributed by atoms with Crippen LogP contribution in [0.4, 0.5) is 0 Å². The van der Waals surface area contributed by atoms with Crippen LogP contribution in [0.3, 0.4) is 0 Å². The molecule has 0 bridgehead atoms. The summed E-state index contributed by atoms with van der Waals surface area (Å²) in [5.74, 6) is 0.791. The van der Waals surface area contributed by atoms with Gasteiger partial charge in [-0.3, -0.25) is 0 Å². The number of hydrogen-bond acceptors (Lipinski definition) is 3. The van der Waals surface area contributed by atoms with Gasteiger partial charge in [0.15, 0.2) is 0 Å². The van der Waals surface area contributed by atoms with E-state index in [1.165, 1.54) is 0 Å². The van der Waals surface area contributed by atoms with Crippen molar-refractivity contribution in [1.29, 1.82) is 0 Å². The third-order valence-corrected chi connectivity index (χ3v) is 1.78. The van der Waals surface area contributed by atoms with Gasteiger partial charge in [0.1, 0.15) is 5.82 Å². The Morgan fingerprint density at radius 3 is 2.92 bits per heavy atom. The number of nitrogens with two attached hydrogens (primary N) is 1. The van der Waals surface area contributed by atoms with E-state index in [0.717, 1.165) is 24.4 Å². The summed E-state index contributed by atoms with van der Waals surface area (Å²) in [6.45, 7) is 4.00. The lowest BCUT2D eigenvalue weighted by Crippen LogP contribution is -2.12. The lowest BCUT2D eigenvalue weighted by Gasteiger charge is -2.08. The van der Waals surface area contributed by atoms with Crippen molar-refractivity contribution < 1.29 is 0 Å². The Labute approximate surface area is 73.0 Å². The van der Waals surface area contributed by atoms with E-state index in [9.17, 15) is 0 Å². The minimum absolute atomic E-state index is 0.0664. The third-order valence-electron chi connectivity index (χ3n) is 1.78. The minimum atomic E-state index is 0.0664. The van der Waals surface area contributed by atoms with Gasteiger partial charge in [-0.15, -0.1) is 0 Å². The average molecular weight is 165 g/mol. The fourth-order valence-corrected chi connectivity index (χ4v) is 1.14. The Morgan fingerprint density at radius 1 is 1.58 bits per heavy atom. The van der Waals surface area contributed by atoms with E-state index in [2.05, 4.69) is 16.9 Å². The van der Waals surface area contributed by atoms with Gasteiger partial charge in [-0.1, -0.05) is 13.3 Å². The van der Waals surface area contributed by atoms with Gasteiger partial charge >= 0.3 is 0 Å². The molecule has 0 amide bonds. The number of hydrogen-bond donors (Lipinski definition) is 1. The first-order chi connectivity index (χ1) is 5.74. The summed E-state index contributed by atoms with van der Waals surface area (Å²) in [6, 6.07) is 1.95. The van der Waals surface area contributed by atoms with Crippen molar-refractivity contribution in [3.05, 3.63) is 23.8 Å². The molecule has 1 heterocycles. The summed E-state index contributed by atoms with van der Waals surface area (Å²) in [7, 11) is 0. The molecule has 0 aliphatic heterocycles. The molecule has 0 aliphatic rings. The highest BCUT2D eigenvalue weighted by molar-refractivity contribution is 5.06. The van der Waals surface area contributed by atoms with Crippen LogP contribution in [0, 0.1) is 6.92 Å². The summed E-state index contributed by atoms with van der Waals surface area (Å²) in [4.78, 5) is 8.27. The average Bonchev–Trinajstić information content (AvgIpc) is 2.05. The third kappa shape index (κ3) is 2.27. The molecule has 1 unspecified atom stereocenters. The minimum Gasteiger partial charge on any atom is -0.323 e. The van der Waals surface area contributed by atoms with E-state index < -0.39 is 0 Å². The van der Waals surface area contributed by atoms with Crippen molar-refractivity contribution in [1.82, 2.24) is 9.97 Å². The van der Waals surface area contributed by atoms with Crippen LogP contribution in [0.5, 0.6) is 0 Å². The number of nitrogens with zero attached hydrogens (tertiary/aromatic N) is 2.